The lowest BCUT2D eigenvalue weighted by molar-refractivity contribution is 1.28. The third-order valence-corrected chi connectivity index (χ3v) is 2.94. The highest BCUT2D eigenvalue weighted by Crippen LogP contribution is 2.22. The molecule has 3 N–H and O–H groups in total. The maximum absolute atomic E-state index is 5.69. The monoisotopic (exact) mass is 257 g/mol. The van der Waals surface area contributed by atoms with Crippen molar-refractivity contribution < 1.29 is 0 Å². The van der Waals surface area contributed by atoms with Crippen molar-refractivity contribution in [1.82, 2.24) is 4.98 Å². The van der Waals surface area contributed by atoms with Crippen LogP contribution in [0, 0.1) is 13.8 Å². The highest BCUT2D eigenvalue weighted by molar-refractivity contribution is 7.80. The Morgan fingerprint density at radius 1 is 1.28 bits per heavy atom. The molecule has 4 heteroatoms. The summed E-state index contributed by atoms with van der Waals surface area (Å²) < 4.78 is 0. The summed E-state index contributed by atoms with van der Waals surface area (Å²) in [6.07, 6.45) is 1.72. The Bertz CT molecular complexity index is 593. The van der Waals surface area contributed by atoms with Gasteiger partial charge in [0.05, 0.1) is 5.56 Å². The first-order valence-electron chi connectivity index (χ1n) is 5.67. The van der Waals surface area contributed by atoms with Gasteiger partial charge < -0.3 is 11.1 Å². The smallest absolute Gasteiger partial charge is 0.140 e. The third kappa shape index (κ3) is 2.65. The van der Waals surface area contributed by atoms with Gasteiger partial charge in [0.25, 0.3) is 0 Å². The van der Waals surface area contributed by atoms with Gasteiger partial charge in [-0.05, 0) is 43.2 Å². The Morgan fingerprint density at radius 3 is 2.78 bits per heavy atom. The minimum absolute atomic E-state index is 0.343. The molecular weight excluding hydrogens is 242 g/mol. The second-order valence-corrected chi connectivity index (χ2v) is 4.65. The van der Waals surface area contributed by atoms with Crippen LogP contribution in [-0.2, 0) is 0 Å². The highest BCUT2D eigenvalue weighted by atomic mass is 32.1. The largest absolute Gasteiger partial charge is 0.389 e. The summed E-state index contributed by atoms with van der Waals surface area (Å²) in [4.78, 5) is 4.63. The number of nitrogens with two attached hydrogens (primary N) is 1. The zero-order valence-corrected chi connectivity index (χ0v) is 11.2. The van der Waals surface area contributed by atoms with E-state index in [-0.39, 0.29) is 0 Å². The molecule has 2 aromatic rings. The predicted molar refractivity (Wildman–Crippen MR) is 79.3 cm³/mol. The lowest BCUT2D eigenvalue weighted by Gasteiger charge is -2.12. The first kappa shape index (κ1) is 12.5. The van der Waals surface area contributed by atoms with Crippen molar-refractivity contribution in [2.45, 2.75) is 13.8 Å². The van der Waals surface area contributed by atoms with Gasteiger partial charge in [0, 0.05) is 11.9 Å². The van der Waals surface area contributed by atoms with Crippen molar-refractivity contribution in [1.29, 1.82) is 0 Å². The molecular formula is C14H15N3S. The number of rotatable bonds is 3. The number of nitrogens with one attached hydrogen (secondary N) is 1. The van der Waals surface area contributed by atoms with Gasteiger partial charge in [0.1, 0.15) is 10.8 Å². The number of aryl methyl sites for hydroxylation is 2. The summed E-state index contributed by atoms with van der Waals surface area (Å²) >= 11 is 5.02. The number of thiocarbonyl (C=S) groups is 1. The number of pyridine rings is 1. The van der Waals surface area contributed by atoms with Crippen molar-refractivity contribution in [2.75, 3.05) is 5.32 Å². The van der Waals surface area contributed by atoms with Crippen molar-refractivity contribution in [2.24, 2.45) is 5.73 Å². The average Bonchev–Trinajstić information content (AvgIpc) is 2.34. The first-order valence-corrected chi connectivity index (χ1v) is 6.08. The van der Waals surface area contributed by atoms with Gasteiger partial charge in [-0.2, -0.15) is 0 Å². The highest BCUT2D eigenvalue weighted by Gasteiger charge is 2.07. The quantitative estimate of drug-likeness (QED) is 0.830. The van der Waals surface area contributed by atoms with E-state index in [9.17, 15) is 0 Å². The second kappa shape index (κ2) is 5.14. The third-order valence-electron chi connectivity index (χ3n) is 2.72. The molecule has 2 rings (SSSR count). The molecule has 92 valence electrons. The molecule has 0 aliphatic rings. The van der Waals surface area contributed by atoms with E-state index in [0.717, 1.165) is 16.8 Å². The van der Waals surface area contributed by atoms with Crippen molar-refractivity contribution in [3.8, 4) is 0 Å². The van der Waals surface area contributed by atoms with Crippen molar-refractivity contribution in [3.05, 3.63) is 53.2 Å². The molecule has 0 unspecified atom stereocenters. The molecule has 0 aliphatic heterocycles. The number of hydrogen-bond donors (Lipinski definition) is 2. The molecule has 3 nitrogen and oxygen atoms in total. The Labute approximate surface area is 112 Å². The van der Waals surface area contributed by atoms with E-state index in [1.807, 2.05) is 19.1 Å². The summed E-state index contributed by atoms with van der Waals surface area (Å²) in [6.45, 7) is 4.10. The molecule has 0 spiro atoms. The molecule has 18 heavy (non-hydrogen) atoms. The Morgan fingerprint density at radius 2 is 2.06 bits per heavy atom. The van der Waals surface area contributed by atoms with E-state index < -0.39 is 0 Å². The number of hydrogen-bond acceptors (Lipinski definition) is 3. The lowest BCUT2D eigenvalue weighted by atomic mass is 10.1. The van der Waals surface area contributed by atoms with Crippen LogP contribution in [0.25, 0.3) is 0 Å². The summed E-state index contributed by atoms with van der Waals surface area (Å²) in [5.74, 6) is 0.693. The molecule has 0 amide bonds. The Kier molecular flexibility index (Phi) is 3.58. The van der Waals surface area contributed by atoms with Crippen LogP contribution < -0.4 is 11.1 Å². The van der Waals surface area contributed by atoms with Crippen LogP contribution in [0.5, 0.6) is 0 Å². The minimum Gasteiger partial charge on any atom is -0.389 e. The van der Waals surface area contributed by atoms with Crippen LogP contribution in [0.2, 0.25) is 0 Å². The van der Waals surface area contributed by atoms with Gasteiger partial charge in [0.2, 0.25) is 0 Å². The van der Waals surface area contributed by atoms with Crippen LogP contribution in [0.3, 0.4) is 0 Å². The number of anilines is 2. The summed E-state index contributed by atoms with van der Waals surface area (Å²) in [6, 6.07) is 9.91. The topological polar surface area (TPSA) is 50.9 Å². The van der Waals surface area contributed by atoms with E-state index in [0.29, 0.717) is 10.8 Å². The maximum atomic E-state index is 5.69. The molecule has 0 radical (unpaired) electrons. The fourth-order valence-electron chi connectivity index (χ4n) is 1.70. The fourth-order valence-corrected chi connectivity index (χ4v) is 1.87. The Balaban J connectivity index is 2.40. The summed E-state index contributed by atoms with van der Waals surface area (Å²) in [5.41, 5.74) is 9.81. The standard InChI is InChI=1S/C14H15N3S/c1-9-5-6-10(2)12(8-9)17-14-11(13(15)18)4-3-7-16-14/h3-8H,1-2H3,(H2,15,18)(H,16,17). The van der Waals surface area contributed by atoms with Crippen LogP contribution >= 0.6 is 12.2 Å². The molecule has 0 atom stereocenters. The predicted octanol–water partition coefficient (Wildman–Crippen LogP) is 3.08. The normalized spacial score (nSPS) is 10.1. The first-order chi connectivity index (χ1) is 8.58. The van der Waals surface area contributed by atoms with E-state index in [1.165, 1.54) is 5.56 Å². The summed E-state index contributed by atoms with van der Waals surface area (Å²) in [7, 11) is 0. The zero-order valence-electron chi connectivity index (χ0n) is 10.4. The summed E-state index contributed by atoms with van der Waals surface area (Å²) in [5, 5.41) is 3.28. The van der Waals surface area contributed by atoms with Crippen molar-refractivity contribution >= 4 is 28.7 Å². The average molecular weight is 257 g/mol. The molecule has 0 fully saturated rings. The molecule has 0 saturated carbocycles. The van der Waals surface area contributed by atoms with Gasteiger partial charge in [-0.1, -0.05) is 24.4 Å². The van der Waals surface area contributed by atoms with Crippen LogP contribution in [0.1, 0.15) is 16.7 Å². The van der Waals surface area contributed by atoms with Gasteiger partial charge in [-0.25, -0.2) is 4.98 Å². The van der Waals surface area contributed by atoms with Gasteiger partial charge in [-0.3, -0.25) is 0 Å². The molecule has 0 aliphatic carbocycles. The molecule has 1 heterocycles. The minimum atomic E-state index is 0.343. The van der Waals surface area contributed by atoms with Gasteiger partial charge in [0.15, 0.2) is 0 Å². The Hall–Kier alpha value is -1.94. The maximum Gasteiger partial charge on any atom is 0.140 e. The molecule has 1 aromatic heterocycles. The van der Waals surface area contributed by atoms with E-state index >= 15 is 0 Å². The van der Waals surface area contributed by atoms with Crippen LogP contribution in [0.15, 0.2) is 36.5 Å². The SMILES string of the molecule is Cc1ccc(C)c(Nc2ncccc2C(N)=S)c1. The lowest BCUT2D eigenvalue weighted by Crippen LogP contribution is -2.13. The zero-order chi connectivity index (χ0) is 13.1. The molecule has 0 saturated heterocycles. The van der Waals surface area contributed by atoms with E-state index in [4.69, 9.17) is 18.0 Å². The van der Waals surface area contributed by atoms with Crippen LogP contribution in [-0.4, -0.2) is 9.97 Å². The fraction of sp³-hybridized carbons (Fsp3) is 0.143. The number of benzene rings is 1. The van der Waals surface area contributed by atoms with Gasteiger partial charge >= 0.3 is 0 Å². The molecule has 0 bridgehead atoms. The van der Waals surface area contributed by atoms with Gasteiger partial charge in [-0.15, -0.1) is 0 Å². The van der Waals surface area contributed by atoms with Crippen molar-refractivity contribution in [3.63, 3.8) is 0 Å². The number of aromatic nitrogens is 1. The number of nitrogens with zero attached hydrogens (tertiary/aromatic N) is 1. The molecule has 1 aromatic carbocycles. The van der Waals surface area contributed by atoms with E-state index in [1.54, 1.807) is 6.20 Å². The van der Waals surface area contributed by atoms with Crippen LogP contribution in [0.4, 0.5) is 11.5 Å². The second-order valence-electron chi connectivity index (χ2n) is 4.21. The van der Waals surface area contributed by atoms with E-state index in [2.05, 4.69) is 35.4 Å².